The first-order chi connectivity index (χ1) is 14.0. The van der Waals surface area contributed by atoms with Crippen LogP contribution in [0.4, 0.5) is 9.18 Å². The molecule has 0 atom stereocenters. The largest absolute Gasteiger partial charge is 0.444 e. The molecule has 1 N–H and O–H groups in total. The predicted molar refractivity (Wildman–Crippen MR) is 109 cm³/mol. The van der Waals surface area contributed by atoms with E-state index in [0.29, 0.717) is 4.88 Å². The summed E-state index contributed by atoms with van der Waals surface area (Å²) in [4.78, 5) is 24.1. The number of nitrogens with zero attached hydrogens (tertiary/aromatic N) is 3. The molecule has 3 heterocycles. The first-order valence-electron chi connectivity index (χ1n) is 8.91. The Balaban J connectivity index is 2.03. The van der Waals surface area contributed by atoms with E-state index in [2.05, 4.69) is 15.0 Å². The number of amides is 1. The summed E-state index contributed by atoms with van der Waals surface area (Å²) in [5.74, 6) is -0.793. The molecule has 0 aliphatic heterocycles. The fourth-order valence-corrected chi connectivity index (χ4v) is 5.60. The van der Waals surface area contributed by atoms with Gasteiger partial charge >= 0.3 is 6.09 Å². The van der Waals surface area contributed by atoms with E-state index in [9.17, 15) is 17.6 Å². The molecule has 11 heteroatoms. The topological polar surface area (TPSA) is 105 Å². The van der Waals surface area contributed by atoms with E-state index in [-0.39, 0.29) is 27.0 Å². The SMILES string of the molecule is CN(Cc1cc(-c2cccnc2F)c(S(=O)(=O)c2ncc[nH]2)s1)C(=O)OC(C)(C)C. The third kappa shape index (κ3) is 4.68. The summed E-state index contributed by atoms with van der Waals surface area (Å²) in [5.41, 5.74) is -0.460. The Labute approximate surface area is 177 Å². The normalized spacial score (nSPS) is 12.0. The molecule has 0 aliphatic rings. The van der Waals surface area contributed by atoms with E-state index < -0.39 is 27.5 Å². The van der Waals surface area contributed by atoms with Crippen molar-refractivity contribution in [1.29, 1.82) is 0 Å². The number of thiophene rings is 1. The van der Waals surface area contributed by atoms with E-state index in [1.165, 1.54) is 35.6 Å². The zero-order valence-corrected chi connectivity index (χ0v) is 18.5. The Bertz CT molecular complexity index is 1150. The third-order valence-electron chi connectivity index (χ3n) is 3.87. The summed E-state index contributed by atoms with van der Waals surface area (Å²) in [6, 6.07) is 4.51. The van der Waals surface area contributed by atoms with Gasteiger partial charge in [-0.15, -0.1) is 11.3 Å². The van der Waals surface area contributed by atoms with Gasteiger partial charge < -0.3 is 14.6 Å². The van der Waals surface area contributed by atoms with Crippen LogP contribution in [0.1, 0.15) is 25.6 Å². The number of carbonyl (C=O) groups excluding carboxylic acids is 1. The van der Waals surface area contributed by atoms with Crippen LogP contribution in [0.15, 0.2) is 46.2 Å². The number of aromatic amines is 1. The molecule has 0 saturated heterocycles. The number of imidazole rings is 1. The van der Waals surface area contributed by atoms with Gasteiger partial charge in [0, 0.05) is 41.6 Å². The standard InChI is InChI=1S/C19H21FN4O4S2/c1-19(2,3)28-18(25)24(4)11-12-10-14(13-6-5-7-21-15(13)20)16(29-12)30(26,27)17-22-8-9-23-17/h5-10H,11H2,1-4H3,(H,22,23). The monoisotopic (exact) mass is 452 g/mol. The fraction of sp³-hybridized carbons (Fsp3) is 0.316. The number of ether oxygens (including phenoxy) is 1. The lowest BCUT2D eigenvalue weighted by atomic mass is 10.1. The van der Waals surface area contributed by atoms with Gasteiger partial charge in [-0.25, -0.2) is 23.2 Å². The number of hydrogen-bond acceptors (Lipinski definition) is 7. The first-order valence-corrected chi connectivity index (χ1v) is 11.2. The maximum atomic E-state index is 14.4. The van der Waals surface area contributed by atoms with Crippen LogP contribution in [0.3, 0.4) is 0 Å². The molecule has 1 amide bonds. The van der Waals surface area contributed by atoms with E-state index in [1.807, 2.05) is 0 Å². The Morgan fingerprint density at radius 1 is 1.27 bits per heavy atom. The highest BCUT2D eigenvalue weighted by molar-refractivity contribution is 7.93. The van der Waals surface area contributed by atoms with E-state index in [1.54, 1.807) is 33.9 Å². The van der Waals surface area contributed by atoms with Gasteiger partial charge in [-0.2, -0.15) is 4.39 Å². The first kappa shape index (κ1) is 21.9. The summed E-state index contributed by atoms with van der Waals surface area (Å²) in [6.45, 7) is 5.34. The number of carbonyl (C=O) groups is 1. The molecule has 0 saturated carbocycles. The minimum Gasteiger partial charge on any atom is -0.444 e. The number of pyridine rings is 1. The molecule has 3 aromatic rings. The predicted octanol–water partition coefficient (Wildman–Crippen LogP) is 3.87. The van der Waals surface area contributed by atoms with Gasteiger partial charge in [-0.05, 0) is 39.0 Å². The average molecular weight is 453 g/mol. The number of sulfone groups is 1. The number of halogens is 1. The Kier molecular flexibility index (Phi) is 5.95. The maximum Gasteiger partial charge on any atom is 0.410 e. The number of hydrogen-bond donors (Lipinski definition) is 1. The fourth-order valence-electron chi connectivity index (χ4n) is 2.60. The highest BCUT2D eigenvalue weighted by Gasteiger charge is 2.29. The number of rotatable bonds is 5. The summed E-state index contributed by atoms with van der Waals surface area (Å²) in [7, 11) is -2.49. The van der Waals surface area contributed by atoms with Crippen LogP contribution >= 0.6 is 11.3 Å². The van der Waals surface area contributed by atoms with Crippen molar-refractivity contribution >= 4 is 27.3 Å². The van der Waals surface area contributed by atoms with Crippen LogP contribution in [0.25, 0.3) is 11.1 Å². The quantitative estimate of drug-likeness (QED) is 0.589. The number of nitrogens with one attached hydrogen (secondary N) is 1. The summed E-state index contributed by atoms with van der Waals surface area (Å²) >= 11 is 0.940. The molecule has 0 aromatic carbocycles. The number of aromatic nitrogens is 3. The lowest BCUT2D eigenvalue weighted by Gasteiger charge is -2.24. The van der Waals surface area contributed by atoms with E-state index in [0.717, 1.165) is 11.3 Å². The molecule has 0 bridgehead atoms. The van der Waals surface area contributed by atoms with Gasteiger partial charge in [0.2, 0.25) is 20.9 Å². The summed E-state index contributed by atoms with van der Waals surface area (Å²) < 4.78 is 45.8. The van der Waals surface area contributed by atoms with Crippen molar-refractivity contribution < 1.29 is 22.3 Å². The smallest absolute Gasteiger partial charge is 0.410 e. The molecular formula is C19H21FN4O4S2. The van der Waals surface area contributed by atoms with Crippen LogP contribution in [-0.2, 0) is 21.1 Å². The van der Waals surface area contributed by atoms with Crippen LogP contribution < -0.4 is 0 Å². The van der Waals surface area contributed by atoms with Crippen LogP contribution in [0.5, 0.6) is 0 Å². The van der Waals surface area contributed by atoms with Crippen LogP contribution in [-0.4, -0.2) is 47.0 Å². The highest BCUT2D eigenvalue weighted by atomic mass is 32.2. The molecule has 8 nitrogen and oxygen atoms in total. The molecule has 0 radical (unpaired) electrons. The Morgan fingerprint density at radius 2 is 2.00 bits per heavy atom. The molecule has 3 rings (SSSR count). The van der Waals surface area contributed by atoms with E-state index in [4.69, 9.17) is 4.74 Å². The zero-order chi connectivity index (χ0) is 22.1. The third-order valence-corrected chi connectivity index (χ3v) is 7.13. The molecule has 0 unspecified atom stereocenters. The summed E-state index contributed by atoms with van der Waals surface area (Å²) in [5, 5.41) is -0.248. The highest BCUT2D eigenvalue weighted by Crippen LogP contribution is 2.38. The van der Waals surface area contributed by atoms with Crippen molar-refractivity contribution in [2.45, 2.75) is 42.3 Å². The molecular weight excluding hydrogens is 431 g/mol. The molecule has 160 valence electrons. The molecule has 0 fully saturated rings. The average Bonchev–Trinajstić information content (AvgIpc) is 3.31. The number of H-pyrrole nitrogens is 1. The second-order valence-electron chi connectivity index (χ2n) is 7.49. The minimum atomic E-state index is -4.03. The Hall–Kier alpha value is -2.79. The van der Waals surface area contributed by atoms with Crippen LogP contribution in [0, 0.1) is 5.95 Å². The van der Waals surface area contributed by atoms with Gasteiger partial charge in [0.15, 0.2) is 0 Å². The zero-order valence-electron chi connectivity index (χ0n) is 16.8. The van der Waals surface area contributed by atoms with Gasteiger partial charge in [-0.3, -0.25) is 0 Å². The molecule has 0 aliphatic carbocycles. The van der Waals surface area contributed by atoms with Crippen molar-refractivity contribution in [2.24, 2.45) is 0 Å². The molecule has 3 aromatic heterocycles. The van der Waals surface area contributed by atoms with Crippen molar-refractivity contribution in [2.75, 3.05) is 7.05 Å². The van der Waals surface area contributed by atoms with Crippen LogP contribution in [0.2, 0.25) is 0 Å². The van der Waals surface area contributed by atoms with Crippen molar-refractivity contribution in [1.82, 2.24) is 19.9 Å². The maximum absolute atomic E-state index is 14.4. The van der Waals surface area contributed by atoms with Gasteiger partial charge in [0.25, 0.3) is 0 Å². The van der Waals surface area contributed by atoms with Gasteiger partial charge in [0.1, 0.15) is 9.81 Å². The van der Waals surface area contributed by atoms with Crippen molar-refractivity contribution in [3.63, 3.8) is 0 Å². The second kappa shape index (κ2) is 8.15. The Morgan fingerprint density at radius 3 is 2.60 bits per heavy atom. The second-order valence-corrected chi connectivity index (χ2v) is 10.7. The minimum absolute atomic E-state index is 0.0463. The lowest BCUT2D eigenvalue weighted by molar-refractivity contribution is 0.0286. The van der Waals surface area contributed by atoms with Crippen molar-refractivity contribution in [3.8, 4) is 11.1 Å². The summed E-state index contributed by atoms with van der Waals surface area (Å²) in [6.07, 6.45) is 3.44. The lowest BCUT2D eigenvalue weighted by Crippen LogP contribution is -2.33. The van der Waals surface area contributed by atoms with Gasteiger partial charge in [0.05, 0.1) is 6.54 Å². The molecule has 30 heavy (non-hydrogen) atoms. The van der Waals surface area contributed by atoms with Crippen molar-refractivity contribution in [3.05, 3.63) is 47.6 Å². The van der Waals surface area contributed by atoms with E-state index >= 15 is 0 Å². The molecule has 0 spiro atoms. The van der Waals surface area contributed by atoms with Gasteiger partial charge in [-0.1, -0.05) is 0 Å².